The van der Waals surface area contributed by atoms with Crippen LogP contribution < -0.4 is 10.9 Å². The summed E-state index contributed by atoms with van der Waals surface area (Å²) in [6, 6.07) is 0. The molecule has 2 aromatic rings. The van der Waals surface area contributed by atoms with E-state index in [1.165, 1.54) is 35.7 Å². The number of rotatable bonds is 7. The lowest BCUT2D eigenvalue weighted by Crippen LogP contribution is -2.50. The van der Waals surface area contributed by atoms with E-state index in [-0.39, 0.29) is 17.9 Å². The molecule has 0 bridgehead atoms. The molecule has 28 heavy (non-hydrogen) atoms. The molecule has 0 spiro atoms. The van der Waals surface area contributed by atoms with Crippen LogP contribution in [0.4, 0.5) is 0 Å². The van der Waals surface area contributed by atoms with Crippen molar-refractivity contribution in [1.82, 2.24) is 15.3 Å². The smallest absolute Gasteiger partial charge is 0.330 e. The number of methoxy groups -OCH3 is 1. The molecule has 0 saturated heterocycles. The SMILES string of the molecule is COC(=O)C(C)(C)NC(=O)CCSCc1nc2sc3c(c2c(=O)[nH]1)CCCC3. The van der Waals surface area contributed by atoms with Crippen LogP contribution in [-0.2, 0) is 32.9 Å². The molecule has 0 atom stereocenters. The molecule has 1 aliphatic carbocycles. The number of aromatic amines is 1. The molecule has 2 N–H and O–H groups in total. The van der Waals surface area contributed by atoms with Crippen molar-refractivity contribution in [3.05, 3.63) is 26.6 Å². The first-order valence-electron chi connectivity index (χ1n) is 9.32. The maximum Gasteiger partial charge on any atom is 0.330 e. The van der Waals surface area contributed by atoms with Gasteiger partial charge in [-0.1, -0.05) is 0 Å². The highest BCUT2D eigenvalue weighted by Crippen LogP contribution is 2.33. The topological polar surface area (TPSA) is 101 Å². The van der Waals surface area contributed by atoms with Gasteiger partial charge in [0.25, 0.3) is 5.56 Å². The third-order valence-corrected chi connectivity index (χ3v) is 6.89. The van der Waals surface area contributed by atoms with Crippen molar-refractivity contribution in [2.24, 2.45) is 0 Å². The Bertz CT molecular complexity index is 949. The highest BCUT2D eigenvalue weighted by Gasteiger charge is 2.30. The Morgan fingerprint density at radius 3 is 2.82 bits per heavy atom. The van der Waals surface area contributed by atoms with E-state index < -0.39 is 11.5 Å². The van der Waals surface area contributed by atoms with Crippen molar-refractivity contribution in [3.8, 4) is 0 Å². The number of H-pyrrole nitrogens is 1. The predicted octanol–water partition coefficient (Wildman–Crippen LogP) is 2.55. The van der Waals surface area contributed by atoms with Crippen molar-refractivity contribution in [3.63, 3.8) is 0 Å². The second kappa shape index (κ2) is 8.65. The maximum absolute atomic E-state index is 12.5. The van der Waals surface area contributed by atoms with Gasteiger partial charge in [-0.2, -0.15) is 11.8 Å². The molecule has 1 amide bonds. The fourth-order valence-corrected chi connectivity index (χ4v) is 5.41. The molecule has 0 saturated carbocycles. The molecule has 7 nitrogen and oxygen atoms in total. The van der Waals surface area contributed by atoms with Gasteiger partial charge in [0.15, 0.2) is 0 Å². The van der Waals surface area contributed by atoms with Crippen LogP contribution in [0.5, 0.6) is 0 Å². The number of aryl methyl sites for hydroxylation is 2. The average Bonchev–Trinajstić information content (AvgIpc) is 3.03. The number of thiophene rings is 1. The Hall–Kier alpha value is -1.87. The number of hydrogen-bond donors (Lipinski definition) is 2. The van der Waals surface area contributed by atoms with Crippen LogP contribution in [0.1, 0.15) is 49.4 Å². The summed E-state index contributed by atoms with van der Waals surface area (Å²) in [6.07, 6.45) is 4.58. The van der Waals surface area contributed by atoms with E-state index in [0.717, 1.165) is 29.5 Å². The monoisotopic (exact) mass is 423 g/mol. The molecule has 152 valence electrons. The quantitative estimate of drug-likeness (QED) is 0.524. The van der Waals surface area contributed by atoms with Crippen LogP contribution in [0.25, 0.3) is 10.2 Å². The number of carbonyl (C=O) groups excluding carboxylic acids is 2. The molecule has 0 aliphatic heterocycles. The van der Waals surface area contributed by atoms with Gasteiger partial charge in [0, 0.05) is 17.1 Å². The molecule has 3 rings (SSSR count). The zero-order valence-corrected chi connectivity index (χ0v) is 18.0. The molecule has 2 heterocycles. The lowest BCUT2D eigenvalue weighted by molar-refractivity contribution is -0.149. The molecule has 0 unspecified atom stereocenters. The summed E-state index contributed by atoms with van der Waals surface area (Å²) < 4.78 is 4.68. The number of hydrogen-bond acceptors (Lipinski definition) is 7. The van der Waals surface area contributed by atoms with Gasteiger partial charge in [-0.3, -0.25) is 9.59 Å². The number of fused-ring (bicyclic) bond motifs is 3. The third-order valence-electron chi connectivity index (χ3n) is 4.73. The number of esters is 1. The van der Waals surface area contributed by atoms with E-state index >= 15 is 0 Å². The maximum atomic E-state index is 12.5. The minimum Gasteiger partial charge on any atom is -0.467 e. The Balaban J connectivity index is 1.55. The van der Waals surface area contributed by atoms with Gasteiger partial charge in [-0.15, -0.1) is 11.3 Å². The van der Waals surface area contributed by atoms with Crippen LogP contribution >= 0.6 is 23.1 Å². The molecule has 0 fully saturated rings. The number of nitrogens with one attached hydrogen (secondary N) is 2. The zero-order valence-electron chi connectivity index (χ0n) is 16.3. The Kier molecular flexibility index (Phi) is 6.44. The zero-order chi connectivity index (χ0) is 20.3. The summed E-state index contributed by atoms with van der Waals surface area (Å²) in [6.45, 7) is 3.21. The van der Waals surface area contributed by atoms with E-state index in [4.69, 9.17) is 0 Å². The second-order valence-electron chi connectivity index (χ2n) is 7.37. The normalized spacial score (nSPS) is 14.0. The number of ether oxygens (including phenoxy) is 1. The molecular weight excluding hydrogens is 398 g/mol. The van der Waals surface area contributed by atoms with E-state index in [2.05, 4.69) is 20.0 Å². The van der Waals surface area contributed by atoms with Crippen LogP contribution in [0.2, 0.25) is 0 Å². The van der Waals surface area contributed by atoms with Crippen molar-refractivity contribution < 1.29 is 14.3 Å². The van der Waals surface area contributed by atoms with Gasteiger partial charge >= 0.3 is 5.97 Å². The summed E-state index contributed by atoms with van der Waals surface area (Å²) >= 11 is 3.16. The van der Waals surface area contributed by atoms with Crippen molar-refractivity contribution in [2.75, 3.05) is 12.9 Å². The Labute approximate surface area is 171 Å². The molecule has 2 aromatic heterocycles. The van der Waals surface area contributed by atoms with Gasteiger partial charge < -0.3 is 15.0 Å². The molecule has 0 aromatic carbocycles. The second-order valence-corrected chi connectivity index (χ2v) is 9.56. The van der Waals surface area contributed by atoms with Crippen LogP contribution in [0.15, 0.2) is 4.79 Å². The molecular formula is C19H25N3O4S2. The first-order valence-corrected chi connectivity index (χ1v) is 11.3. The predicted molar refractivity (Wildman–Crippen MR) is 112 cm³/mol. The largest absolute Gasteiger partial charge is 0.467 e. The molecule has 0 radical (unpaired) electrons. The van der Waals surface area contributed by atoms with Crippen LogP contribution in [0, 0.1) is 0 Å². The fourth-order valence-electron chi connectivity index (χ4n) is 3.33. The van der Waals surface area contributed by atoms with Gasteiger partial charge in [0.05, 0.1) is 18.2 Å². The van der Waals surface area contributed by atoms with Gasteiger partial charge in [0.1, 0.15) is 16.2 Å². The standard InChI is InChI=1S/C19H25N3O4S2/c1-19(2,18(25)26-3)22-14(23)8-9-27-10-13-20-16(24)15-11-6-4-5-7-12(11)28-17(15)21-13/h4-10H2,1-3H3,(H,22,23)(H,20,21,24). The summed E-state index contributed by atoms with van der Waals surface area (Å²) in [5, 5.41) is 3.43. The minimum atomic E-state index is -1.05. The number of carbonyl (C=O) groups is 2. The van der Waals surface area contributed by atoms with E-state index in [1.54, 1.807) is 25.2 Å². The Morgan fingerprint density at radius 1 is 1.32 bits per heavy atom. The number of aromatic nitrogens is 2. The van der Waals surface area contributed by atoms with Crippen molar-refractivity contribution in [1.29, 1.82) is 0 Å². The van der Waals surface area contributed by atoms with Gasteiger partial charge in [0.2, 0.25) is 5.91 Å². The first-order chi connectivity index (χ1) is 13.3. The highest BCUT2D eigenvalue weighted by molar-refractivity contribution is 7.98. The van der Waals surface area contributed by atoms with Crippen molar-refractivity contribution >= 4 is 45.2 Å². The van der Waals surface area contributed by atoms with Crippen LogP contribution in [-0.4, -0.2) is 40.2 Å². The summed E-state index contributed by atoms with van der Waals surface area (Å²) in [5.74, 6) is 1.03. The molecule has 9 heteroatoms. The van der Waals surface area contributed by atoms with Crippen molar-refractivity contribution in [2.45, 2.75) is 57.2 Å². The first kappa shape index (κ1) is 20.9. The van der Waals surface area contributed by atoms with Gasteiger partial charge in [-0.05, 0) is 45.1 Å². The average molecular weight is 424 g/mol. The number of nitrogens with zero attached hydrogens (tertiary/aromatic N) is 1. The number of thioether (sulfide) groups is 1. The van der Waals surface area contributed by atoms with E-state index in [9.17, 15) is 14.4 Å². The van der Waals surface area contributed by atoms with E-state index in [1.807, 2.05) is 0 Å². The van der Waals surface area contributed by atoms with Gasteiger partial charge in [-0.25, -0.2) is 9.78 Å². The summed E-state index contributed by atoms with van der Waals surface area (Å²) in [4.78, 5) is 45.8. The highest BCUT2D eigenvalue weighted by atomic mass is 32.2. The lowest BCUT2D eigenvalue weighted by Gasteiger charge is -2.22. The summed E-state index contributed by atoms with van der Waals surface area (Å²) in [5.41, 5.74) is 0.0775. The fraction of sp³-hybridized carbons (Fsp3) is 0.579. The van der Waals surface area contributed by atoms with E-state index in [0.29, 0.717) is 17.3 Å². The minimum absolute atomic E-state index is 0.0578. The van der Waals surface area contributed by atoms with Crippen LogP contribution in [0.3, 0.4) is 0 Å². The lowest BCUT2D eigenvalue weighted by atomic mass is 9.97. The summed E-state index contributed by atoms with van der Waals surface area (Å²) in [7, 11) is 1.29. The molecule has 1 aliphatic rings. The Morgan fingerprint density at radius 2 is 2.07 bits per heavy atom. The third kappa shape index (κ3) is 4.57. The number of amides is 1.